The van der Waals surface area contributed by atoms with Gasteiger partial charge in [-0.25, -0.2) is 0 Å². The van der Waals surface area contributed by atoms with Gasteiger partial charge < -0.3 is 15.6 Å². The Morgan fingerprint density at radius 1 is 1.45 bits per heavy atom. The number of nitrogens with one attached hydrogen (secondary N) is 1. The van der Waals surface area contributed by atoms with Gasteiger partial charge in [0.05, 0.1) is 12.6 Å². The van der Waals surface area contributed by atoms with E-state index in [1.54, 1.807) is 24.5 Å². The second kappa shape index (κ2) is 6.76. The molecule has 2 heterocycles. The first kappa shape index (κ1) is 14.1. The average Bonchev–Trinajstić information content (AvgIpc) is 2.95. The van der Waals surface area contributed by atoms with E-state index < -0.39 is 6.04 Å². The minimum atomic E-state index is -0.498. The first-order valence-electron chi connectivity index (χ1n) is 6.47. The minimum Gasteiger partial charge on any atom is -0.346 e. The van der Waals surface area contributed by atoms with Crippen molar-refractivity contribution < 1.29 is 9.32 Å². The lowest BCUT2D eigenvalue weighted by atomic mass is 10.2. The highest BCUT2D eigenvalue weighted by molar-refractivity contribution is 5.81. The van der Waals surface area contributed by atoms with Crippen molar-refractivity contribution in [2.45, 2.75) is 32.4 Å². The molecule has 7 nitrogen and oxygen atoms in total. The first-order valence-corrected chi connectivity index (χ1v) is 6.47. The van der Waals surface area contributed by atoms with Crippen LogP contribution >= 0.6 is 0 Å². The zero-order valence-corrected chi connectivity index (χ0v) is 11.2. The van der Waals surface area contributed by atoms with Gasteiger partial charge in [0.15, 0.2) is 0 Å². The van der Waals surface area contributed by atoms with Gasteiger partial charge in [-0.05, 0) is 18.6 Å². The molecule has 1 amide bonds. The quantitative estimate of drug-likeness (QED) is 0.810. The molecular formula is C13H17N5O2. The molecule has 0 aromatic carbocycles. The fraction of sp³-hybridized carbons (Fsp3) is 0.385. The summed E-state index contributed by atoms with van der Waals surface area (Å²) in [7, 11) is 0. The summed E-state index contributed by atoms with van der Waals surface area (Å²) in [5.74, 6) is 0.596. The average molecular weight is 275 g/mol. The van der Waals surface area contributed by atoms with Crippen molar-refractivity contribution in [3.63, 3.8) is 0 Å². The van der Waals surface area contributed by atoms with Crippen molar-refractivity contribution in [3.05, 3.63) is 30.4 Å². The molecule has 2 rings (SSSR count). The van der Waals surface area contributed by atoms with Crippen LogP contribution in [0.4, 0.5) is 0 Å². The molecule has 2 aromatic heterocycles. The molecule has 0 radical (unpaired) electrons. The van der Waals surface area contributed by atoms with Gasteiger partial charge in [0, 0.05) is 18.0 Å². The Morgan fingerprint density at radius 2 is 2.20 bits per heavy atom. The molecule has 20 heavy (non-hydrogen) atoms. The lowest BCUT2D eigenvalue weighted by molar-refractivity contribution is -0.122. The van der Waals surface area contributed by atoms with E-state index in [-0.39, 0.29) is 12.5 Å². The lowest BCUT2D eigenvalue weighted by Crippen LogP contribution is -2.40. The summed E-state index contributed by atoms with van der Waals surface area (Å²) >= 11 is 0. The SMILES string of the molecule is CCCC(N)C(=O)NCc1nc(-c2ccncc2)no1. The third-order valence-electron chi connectivity index (χ3n) is 2.76. The molecule has 0 aliphatic rings. The van der Waals surface area contributed by atoms with E-state index in [2.05, 4.69) is 20.4 Å². The molecule has 106 valence electrons. The van der Waals surface area contributed by atoms with Crippen LogP contribution in [0.2, 0.25) is 0 Å². The number of amides is 1. The van der Waals surface area contributed by atoms with Gasteiger partial charge in [0.1, 0.15) is 0 Å². The molecule has 1 unspecified atom stereocenters. The third kappa shape index (κ3) is 3.61. The maximum atomic E-state index is 11.6. The van der Waals surface area contributed by atoms with E-state index in [1.807, 2.05) is 6.92 Å². The normalized spacial score (nSPS) is 12.1. The smallest absolute Gasteiger partial charge is 0.246 e. The summed E-state index contributed by atoms with van der Waals surface area (Å²) in [5.41, 5.74) is 6.51. The van der Waals surface area contributed by atoms with Crippen LogP contribution in [0, 0.1) is 0 Å². The molecule has 0 saturated heterocycles. The van der Waals surface area contributed by atoms with Crippen molar-refractivity contribution >= 4 is 5.91 Å². The molecular weight excluding hydrogens is 258 g/mol. The largest absolute Gasteiger partial charge is 0.346 e. The van der Waals surface area contributed by atoms with Gasteiger partial charge in [-0.1, -0.05) is 18.5 Å². The van der Waals surface area contributed by atoms with Crippen LogP contribution in [0.15, 0.2) is 29.0 Å². The van der Waals surface area contributed by atoms with Crippen molar-refractivity contribution in [1.82, 2.24) is 20.4 Å². The third-order valence-corrected chi connectivity index (χ3v) is 2.76. The molecule has 2 aromatic rings. The second-order valence-electron chi connectivity index (χ2n) is 4.36. The van der Waals surface area contributed by atoms with E-state index in [0.29, 0.717) is 18.1 Å². The molecule has 0 fully saturated rings. The number of pyridine rings is 1. The number of hydrogen-bond acceptors (Lipinski definition) is 6. The van der Waals surface area contributed by atoms with Crippen LogP contribution in [-0.2, 0) is 11.3 Å². The summed E-state index contributed by atoms with van der Waals surface area (Å²) in [6.45, 7) is 2.15. The Labute approximate surface area is 116 Å². The first-order chi connectivity index (χ1) is 9.70. The Hall–Kier alpha value is -2.28. The fourth-order valence-corrected chi connectivity index (χ4v) is 1.68. The highest BCUT2D eigenvalue weighted by atomic mass is 16.5. The summed E-state index contributed by atoms with van der Waals surface area (Å²) in [5, 5.41) is 6.52. The predicted octanol–water partition coefficient (Wildman–Crippen LogP) is 0.875. The number of aromatic nitrogens is 3. The molecule has 0 aliphatic heterocycles. The molecule has 0 bridgehead atoms. The topological polar surface area (TPSA) is 107 Å². The molecule has 0 aliphatic carbocycles. The van der Waals surface area contributed by atoms with Crippen LogP contribution in [0.1, 0.15) is 25.7 Å². The van der Waals surface area contributed by atoms with Gasteiger partial charge in [-0.15, -0.1) is 0 Å². The van der Waals surface area contributed by atoms with Crippen LogP contribution in [0.3, 0.4) is 0 Å². The van der Waals surface area contributed by atoms with Gasteiger partial charge in [0.25, 0.3) is 0 Å². The van der Waals surface area contributed by atoms with E-state index in [9.17, 15) is 4.79 Å². The zero-order valence-electron chi connectivity index (χ0n) is 11.2. The minimum absolute atomic E-state index is 0.175. The van der Waals surface area contributed by atoms with E-state index in [4.69, 9.17) is 10.3 Å². The number of hydrogen-bond donors (Lipinski definition) is 2. The Kier molecular flexibility index (Phi) is 4.78. The highest BCUT2D eigenvalue weighted by Gasteiger charge is 2.14. The van der Waals surface area contributed by atoms with Gasteiger partial charge >= 0.3 is 0 Å². The van der Waals surface area contributed by atoms with E-state index in [0.717, 1.165) is 12.0 Å². The Bertz CT molecular complexity index is 555. The zero-order chi connectivity index (χ0) is 14.4. The van der Waals surface area contributed by atoms with Crippen LogP contribution in [-0.4, -0.2) is 27.1 Å². The van der Waals surface area contributed by atoms with Crippen molar-refractivity contribution in [3.8, 4) is 11.4 Å². The standard InChI is InChI=1S/C13H17N5O2/c1-2-3-10(14)13(19)16-8-11-17-12(18-20-11)9-4-6-15-7-5-9/h4-7,10H,2-3,8,14H2,1H3,(H,16,19). The van der Waals surface area contributed by atoms with Crippen molar-refractivity contribution in [2.24, 2.45) is 5.73 Å². The van der Waals surface area contributed by atoms with E-state index in [1.165, 1.54) is 0 Å². The Morgan fingerprint density at radius 3 is 2.90 bits per heavy atom. The number of nitrogens with two attached hydrogens (primary N) is 1. The summed E-state index contributed by atoms with van der Waals surface area (Å²) in [6, 6.07) is 3.07. The van der Waals surface area contributed by atoms with Crippen LogP contribution in [0.5, 0.6) is 0 Å². The molecule has 3 N–H and O–H groups in total. The maximum Gasteiger partial charge on any atom is 0.246 e. The van der Waals surface area contributed by atoms with Crippen LogP contribution in [0.25, 0.3) is 11.4 Å². The van der Waals surface area contributed by atoms with Gasteiger partial charge in [0.2, 0.25) is 17.6 Å². The number of carbonyl (C=O) groups excluding carboxylic acids is 1. The van der Waals surface area contributed by atoms with Crippen molar-refractivity contribution in [1.29, 1.82) is 0 Å². The molecule has 0 saturated carbocycles. The maximum absolute atomic E-state index is 11.6. The summed E-state index contributed by atoms with van der Waals surface area (Å²) < 4.78 is 5.07. The fourth-order valence-electron chi connectivity index (χ4n) is 1.68. The number of carbonyl (C=O) groups is 1. The monoisotopic (exact) mass is 275 g/mol. The van der Waals surface area contributed by atoms with E-state index >= 15 is 0 Å². The molecule has 1 atom stereocenters. The molecule has 7 heteroatoms. The van der Waals surface area contributed by atoms with Crippen LogP contribution < -0.4 is 11.1 Å². The number of rotatable bonds is 6. The van der Waals surface area contributed by atoms with Gasteiger partial charge in [-0.2, -0.15) is 4.98 Å². The summed E-state index contributed by atoms with van der Waals surface area (Å²) in [4.78, 5) is 19.8. The van der Waals surface area contributed by atoms with Crippen molar-refractivity contribution in [2.75, 3.05) is 0 Å². The lowest BCUT2D eigenvalue weighted by Gasteiger charge is -2.09. The van der Waals surface area contributed by atoms with Gasteiger partial charge in [-0.3, -0.25) is 9.78 Å². The second-order valence-corrected chi connectivity index (χ2v) is 4.36. The Balaban J connectivity index is 1.92. The molecule has 0 spiro atoms. The highest BCUT2D eigenvalue weighted by Crippen LogP contribution is 2.13. The number of nitrogens with zero attached hydrogens (tertiary/aromatic N) is 3. The predicted molar refractivity (Wildman–Crippen MR) is 72.3 cm³/mol. The summed E-state index contributed by atoms with van der Waals surface area (Å²) in [6.07, 6.45) is 4.81.